The molecule has 0 saturated carbocycles. The maximum absolute atomic E-state index is 12.4. The standard InChI is InChI=1S/C20H23ClN2O2S/c1-25-18-6-4-17(5-7-18)22-11-13-23(14-12-22)20(24)10-15-26-19-8-2-16(21)3-9-19/h2-9H,10-15H2,1H3. The van der Waals surface area contributed by atoms with Gasteiger partial charge in [-0.05, 0) is 48.5 Å². The average molecular weight is 391 g/mol. The molecule has 4 nitrogen and oxygen atoms in total. The molecular weight excluding hydrogens is 368 g/mol. The summed E-state index contributed by atoms with van der Waals surface area (Å²) in [4.78, 5) is 17.9. The molecule has 1 aliphatic heterocycles. The first-order valence-electron chi connectivity index (χ1n) is 8.71. The van der Waals surface area contributed by atoms with Gasteiger partial charge in [0.2, 0.25) is 5.91 Å². The highest BCUT2D eigenvalue weighted by molar-refractivity contribution is 7.99. The van der Waals surface area contributed by atoms with E-state index in [4.69, 9.17) is 16.3 Å². The SMILES string of the molecule is COc1ccc(N2CCN(C(=O)CCSc3ccc(Cl)cc3)CC2)cc1. The summed E-state index contributed by atoms with van der Waals surface area (Å²) in [6, 6.07) is 15.8. The van der Waals surface area contributed by atoms with E-state index in [0.29, 0.717) is 6.42 Å². The molecule has 0 bridgehead atoms. The van der Waals surface area contributed by atoms with Crippen molar-refractivity contribution in [1.82, 2.24) is 4.90 Å². The maximum Gasteiger partial charge on any atom is 0.223 e. The molecule has 0 aromatic heterocycles. The Morgan fingerprint density at radius 2 is 1.69 bits per heavy atom. The van der Waals surface area contributed by atoms with Gasteiger partial charge in [0.1, 0.15) is 5.75 Å². The quantitative estimate of drug-likeness (QED) is 0.693. The summed E-state index contributed by atoms with van der Waals surface area (Å²) in [5.74, 6) is 1.89. The molecule has 1 heterocycles. The molecule has 6 heteroatoms. The van der Waals surface area contributed by atoms with Crippen molar-refractivity contribution in [3.8, 4) is 5.75 Å². The van der Waals surface area contributed by atoms with Crippen molar-refractivity contribution in [3.63, 3.8) is 0 Å². The van der Waals surface area contributed by atoms with E-state index in [1.165, 1.54) is 5.69 Å². The summed E-state index contributed by atoms with van der Waals surface area (Å²) in [6.45, 7) is 3.28. The minimum Gasteiger partial charge on any atom is -0.497 e. The maximum atomic E-state index is 12.4. The van der Waals surface area contributed by atoms with E-state index >= 15 is 0 Å². The summed E-state index contributed by atoms with van der Waals surface area (Å²) >= 11 is 7.58. The molecular formula is C20H23ClN2O2S. The number of anilines is 1. The molecule has 2 aromatic rings. The fourth-order valence-corrected chi connectivity index (χ4v) is 3.92. The van der Waals surface area contributed by atoms with E-state index < -0.39 is 0 Å². The highest BCUT2D eigenvalue weighted by Gasteiger charge is 2.21. The van der Waals surface area contributed by atoms with Crippen LogP contribution in [-0.2, 0) is 4.79 Å². The van der Waals surface area contributed by atoms with Gasteiger partial charge in [0.15, 0.2) is 0 Å². The minimum atomic E-state index is 0.237. The molecule has 0 N–H and O–H groups in total. The van der Waals surface area contributed by atoms with E-state index in [1.54, 1.807) is 18.9 Å². The number of piperazine rings is 1. The summed E-state index contributed by atoms with van der Waals surface area (Å²) in [5.41, 5.74) is 1.18. The summed E-state index contributed by atoms with van der Waals surface area (Å²) in [5, 5.41) is 0.736. The molecule has 0 atom stereocenters. The molecule has 0 aliphatic carbocycles. The van der Waals surface area contributed by atoms with Crippen LogP contribution in [0.15, 0.2) is 53.4 Å². The number of carbonyl (C=O) groups is 1. The average Bonchev–Trinajstić information content (AvgIpc) is 2.69. The van der Waals surface area contributed by atoms with E-state index in [9.17, 15) is 4.79 Å². The second kappa shape index (κ2) is 9.19. The second-order valence-electron chi connectivity index (χ2n) is 6.12. The van der Waals surface area contributed by atoms with Crippen LogP contribution in [0.2, 0.25) is 5.02 Å². The van der Waals surface area contributed by atoms with Gasteiger partial charge in [0.25, 0.3) is 0 Å². The summed E-state index contributed by atoms with van der Waals surface area (Å²) < 4.78 is 5.20. The van der Waals surface area contributed by atoms with Crippen LogP contribution in [0.3, 0.4) is 0 Å². The lowest BCUT2D eigenvalue weighted by Crippen LogP contribution is -2.48. The van der Waals surface area contributed by atoms with E-state index in [1.807, 2.05) is 41.3 Å². The van der Waals surface area contributed by atoms with E-state index in [0.717, 1.165) is 47.6 Å². The number of thioether (sulfide) groups is 1. The zero-order valence-corrected chi connectivity index (χ0v) is 16.4. The first kappa shape index (κ1) is 18.9. The topological polar surface area (TPSA) is 32.8 Å². The molecule has 138 valence electrons. The van der Waals surface area contributed by atoms with Crippen LogP contribution < -0.4 is 9.64 Å². The van der Waals surface area contributed by atoms with Crippen molar-refractivity contribution < 1.29 is 9.53 Å². The highest BCUT2D eigenvalue weighted by Crippen LogP contribution is 2.23. The lowest BCUT2D eigenvalue weighted by molar-refractivity contribution is -0.131. The van der Waals surface area contributed by atoms with Gasteiger partial charge in [0, 0.05) is 54.0 Å². The molecule has 1 aliphatic rings. The molecule has 1 fully saturated rings. The minimum absolute atomic E-state index is 0.237. The van der Waals surface area contributed by atoms with Crippen molar-refractivity contribution in [2.24, 2.45) is 0 Å². The Bertz CT molecular complexity index is 714. The predicted molar refractivity (Wildman–Crippen MR) is 109 cm³/mol. The van der Waals surface area contributed by atoms with Gasteiger partial charge in [0.05, 0.1) is 7.11 Å². The third-order valence-corrected chi connectivity index (χ3v) is 5.73. The van der Waals surface area contributed by atoms with E-state index in [2.05, 4.69) is 17.0 Å². The molecule has 26 heavy (non-hydrogen) atoms. The number of methoxy groups -OCH3 is 1. The van der Waals surface area contributed by atoms with Crippen molar-refractivity contribution in [1.29, 1.82) is 0 Å². The summed E-state index contributed by atoms with van der Waals surface area (Å²) in [7, 11) is 1.67. The number of carbonyl (C=O) groups excluding carboxylic acids is 1. The second-order valence-corrected chi connectivity index (χ2v) is 7.72. The Labute approximate surface area is 164 Å². The number of hydrogen-bond acceptors (Lipinski definition) is 4. The number of hydrogen-bond donors (Lipinski definition) is 0. The Kier molecular flexibility index (Phi) is 6.69. The molecule has 0 spiro atoms. The largest absolute Gasteiger partial charge is 0.497 e. The number of amides is 1. The molecule has 2 aromatic carbocycles. The Hall–Kier alpha value is -1.85. The number of ether oxygens (including phenoxy) is 1. The van der Waals surface area contributed by atoms with Crippen molar-refractivity contribution in [3.05, 3.63) is 53.6 Å². The van der Waals surface area contributed by atoms with Gasteiger partial charge in [-0.15, -0.1) is 11.8 Å². The van der Waals surface area contributed by atoms with Gasteiger partial charge in [-0.1, -0.05) is 11.6 Å². The Morgan fingerprint density at radius 3 is 2.31 bits per heavy atom. The van der Waals surface area contributed by atoms with Gasteiger partial charge < -0.3 is 14.5 Å². The van der Waals surface area contributed by atoms with Crippen molar-refractivity contribution in [2.75, 3.05) is 43.9 Å². The van der Waals surface area contributed by atoms with Crippen LogP contribution in [0.1, 0.15) is 6.42 Å². The fourth-order valence-electron chi connectivity index (χ4n) is 2.95. The number of nitrogens with zero attached hydrogens (tertiary/aromatic N) is 2. The lowest BCUT2D eigenvalue weighted by atomic mass is 10.2. The Balaban J connectivity index is 1.42. The van der Waals surface area contributed by atoms with Crippen molar-refractivity contribution in [2.45, 2.75) is 11.3 Å². The normalized spacial score (nSPS) is 14.4. The molecule has 0 unspecified atom stereocenters. The zero-order chi connectivity index (χ0) is 18.4. The monoisotopic (exact) mass is 390 g/mol. The molecule has 1 amide bonds. The third kappa shape index (κ3) is 5.08. The van der Waals surface area contributed by atoms with Crippen LogP contribution in [0.5, 0.6) is 5.75 Å². The van der Waals surface area contributed by atoms with Crippen LogP contribution in [0.4, 0.5) is 5.69 Å². The molecule has 3 rings (SSSR count). The van der Waals surface area contributed by atoms with Gasteiger partial charge in [-0.2, -0.15) is 0 Å². The van der Waals surface area contributed by atoms with Crippen LogP contribution >= 0.6 is 23.4 Å². The smallest absolute Gasteiger partial charge is 0.223 e. The molecule has 0 radical (unpaired) electrons. The van der Waals surface area contributed by atoms with Crippen LogP contribution in [0, 0.1) is 0 Å². The van der Waals surface area contributed by atoms with Gasteiger partial charge in [-0.3, -0.25) is 4.79 Å². The zero-order valence-electron chi connectivity index (χ0n) is 14.9. The van der Waals surface area contributed by atoms with Crippen LogP contribution in [0.25, 0.3) is 0 Å². The first-order chi connectivity index (χ1) is 12.7. The van der Waals surface area contributed by atoms with Crippen molar-refractivity contribution >= 4 is 35.0 Å². The first-order valence-corrected chi connectivity index (χ1v) is 10.1. The summed E-state index contributed by atoms with van der Waals surface area (Å²) in [6.07, 6.45) is 0.565. The predicted octanol–water partition coefficient (Wildman–Crippen LogP) is 4.18. The van der Waals surface area contributed by atoms with Gasteiger partial charge in [-0.25, -0.2) is 0 Å². The number of halogens is 1. The number of rotatable bonds is 6. The molecule has 1 saturated heterocycles. The highest BCUT2D eigenvalue weighted by atomic mass is 35.5. The van der Waals surface area contributed by atoms with E-state index in [-0.39, 0.29) is 5.91 Å². The fraction of sp³-hybridized carbons (Fsp3) is 0.350. The van der Waals surface area contributed by atoms with Gasteiger partial charge >= 0.3 is 0 Å². The number of benzene rings is 2. The lowest BCUT2D eigenvalue weighted by Gasteiger charge is -2.36. The van der Waals surface area contributed by atoms with Crippen LogP contribution in [-0.4, -0.2) is 49.8 Å². The third-order valence-electron chi connectivity index (χ3n) is 4.47. The Morgan fingerprint density at radius 1 is 1.04 bits per heavy atom.